The molecule has 0 spiro atoms. The predicted octanol–water partition coefficient (Wildman–Crippen LogP) is 5.66. The van der Waals surface area contributed by atoms with Crippen LogP contribution in [-0.4, -0.2) is 70.5 Å². The summed E-state index contributed by atoms with van der Waals surface area (Å²) in [4.78, 5) is 3.40. The van der Waals surface area contributed by atoms with E-state index in [1.165, 1.54) is 0 Å². The molecule has 0 amide bonds. The zero-order valence-corrected chi connectivity index (χ0v) is 15.5. The highest BCUT2D eigenvalue weighted by Gasteiger charge is 2.88. The molecule has 0 aromatic heterocycles. The Morgan fingerprint density at radius 2 is 0.944 bits per heavy atom. The smallest absolute Gasteiger partial charge is 0.390 e. The van der Waals surface area contributed by atoms with E-state index >= 15 is 0 Å². The summed E-state index contributed by atoms with van der Waals surface area (Å²) in [5, 5.41) is 15.4. The van der Waals surface area contributed by atoms with Crippen molar-refractivity contribution >= 4 is 0 Å². The Bertz CT molecular complexity index is 823. The van der Waals surface area contributed by atoms with Crippen molar-refractivity contribution in [2.24, 2.45) is 0 Å². The first-order valence-corrected chi connectivity index (χ1v) is 7.50. The number of aliphatic hydroxyl groups is 2. The maximum atomic E-state index is 13.5. The van der Waals surface area contributed by atoms with Crippen LogP contribution in [0.4, 0.5) is 87.8 Å². The molecule has 0 aliphatic rings. The average Bonchev–Trinajstić information content (AvgIpc) is 2.65. The zero-order chi connectivity index (χ0) is 29.8. The topological polar surface area (TPSA) is 58.9 Å². The summed E-state index contributed by atoms with van der Waals surface area (Å²) in [6, 6.07) is 0. The fourth-order valence-electron chi connectivity index (χ4n) is 1.59. The SMILES string of the molecule is OCC(F)(F)C(F)(F)C(F)(F)C(F)(F)C(OOC(F)(F)C(F)(F)C(F)(F)C(F)(F)C(O)(F)F)=C(F)F. The van der Waals surface area contributed by atoms with Crippen LogP contribution in [0.25, 0.3) is 0 Å². The van der Waals surface area contributed by atoms with Gasteiger partial charge in [-0.1, -0.05) is 0 Å². The van der Waals surface area contributed by atoms with Gasteiger partial charge in [0.25, 0.3) is 5.76 Å². The van der Waals surface area contributed by atoms with Gasteiger partial charge in [-0.2, -0.15) is 87.8 Å². The lowest BCUT2D eigenvalue weighted by atomic mass is 9.98. The predicted molar refractivity (Wildman–Crippen MR) is 65.2 cm³/mol. The van der Waals surface area contributed by atoms with Crippen LogP contribution in [0.3, 0.4) is 0 Å². The van der Waals surface area contributed by atoms with Crippen molar-refractivity contribution in [3.8, 4) is 0 Å². The highest BCUT2D eigenvalue weighted by Crippen LogP contribution is 2.58. The summed E-state index contributed by atoms with van der Waals surface area (Å²) in [5.41, 5.74) is 0. The van der Waals surface area contributed by atoms with E-state index in [9.17, 15) is 87.8 Å². The number of alkyl halides is 18. The maximum Gasteiger partial charge on any atom is 0.461 e. The molecule has 0 fully saturated rings. The van der Waals surface area contributed by atoms with Crippen LogP contribution in [0.15, 0.2) is 11.8 Å². The number of aliphatic hydroxyl groups excluding tert-OH is 1. The highest BCUT2D eigenvalue weighted by molar-refractivity contribution is 5.17. The molecule has 24 heteroatoms. The third kappa shape index (κ3) is 4.81. The lowest BCUT2D eigenvalue weighted by molar-refractivity contribution is -0.522. The Morgan fingerprint density at radius 3 is 1.25 bits per heavy atom. The minimum atomic E-state index is -8.23. The summed E-state index contributed by atoms with van der Waals surface area (Å²) in [5.74, 6) is -59.1. The fraction of sp³-hybridized carbons (Fsp3) is 0.833. The van der Waals surface area contributed by atoms with Crippen LogP contribution in [0, 0.1) is 0 Å². The largest absolute Gasteiger partial charge is 0.461 e. The van der Waals surface area contributed by atoms with Crippen LogP contribution < -0.4 is 0 Å². The second-order valence-corrected chi connectivity index (χ2v) is 6.12. The Morgan fingerprint density at radius 1 is 0.556 bits per heavy atom. The van der Waals surface area contributed by atoms with E-state index in [2.05, 4.69) is 0 Å². The minimum absolute atomic E-state index is 1.56. The van der Waals surface area contributed by atoms with Gasteiger partial charge in [0.15, 0.2) is 0 Å². The normalized spacial score (nSPS) is 15.7. The van der Waals surface area contributed by atoms with Gasteiger partial charge in [0.05, 0.1) is 0 Å². The molecule has 216 valence electrons. The first-order chi connectivity index (χ1) is 15.3. The molecule has 0 heterocycles. The van der Waals surface area contributed by atoms with Crippen molar-refractivity contribution in [3.05, 3.63) is 11.8 Å². The molecule has 0 saturated heterocycles. The molecule has 0 bridgehead atoms. The first-order valence-electron chi connectivity index (χ1n) is 7.50. The van der Waals surface area contributed by atoms with Gasteiger partial charge in [0, 0.05) is 0 Å². The third-order valence-electron chi connectivity index (χ3n) is 3.67. The Hall–Kier alpha value is -1.98. The maximum absolute atomic E-state index is 13.5. The second-order valence-electron chi connectivity index (χ2n) is 6.12. The summed E-state index contributed by atoms with van der Waals surface area (Å²) in [7, 11) is 0. The first kappa shape index (κ1) is 34.0. The molecule has 4 nitrogen and oxygen atoms in total. The molecule has 0 rings (SSSR count). The highest BCUT2D eigenvalue weighted by atomic mass is 19.4. The van der Waals surface area contributed by atoms with Gasteiger partial charge in [0.2, 0.25) is 0 Å². The van der Waals surface area contributed by atoms with Crippen LogP contribution in [-0.2, 0) is 9.78 Å². The molecular weight excluding hydrogens is 588 g/mol. The van der Waals surface area contributed by atoms with Gasteiger partial charge >= 0.3 is 59.8 Å². The molecule has 0 aliphatic carbocycles. The van der Waals surface area contributed by atoms with E-state index in [-0.39, 0.29) is 0 Å². The Labute approximate surface area is 181 Å². The molecule has 0 aliphatic heterocycles. The lowest BCUT2D eigenvalue weighted by Crippen LogP contribution is -2.67. The summed E-state index contributed by atoms with van der Waals surface area (Å²) >= 11 is 0. The molecule has 36 heavy (non-hydrogen) atoms. The number of halogens is 20. The third-order valence-corrected chi connectivity index (χ3v) is 3.67. The van der Waals surface area contributed by atoms with Crippen molar-refractivity contribution in [1.82, 2.24) is 0 Å². The van der Waals surface area contributed by atoms with Gasteiger partial charge in [-0.3, -0.25) is 0 Å². The summed E-state index contributed by atoms with van der Waals surface area (Å²) in [6.07, 6.45) is -19.9. The van der Waals surface area contributed by atoms with E-state index in [1.54, 1.807) is 4.89 Å². The number of rotatable bonds is 12. The molecule has 0 unspecified atom stereocenters. The molecule has 0 aromatic carbocycles. The van der Waals surface area contributed by atoms with E-state index in [4.69, 9.17) is 10.2 Å². The Balaban J connectivity index is 6.49. The number of allylic oxidation sites excluding steroid dienone is 1. The van der Waals surface area contributed by atoms with Crippen LogP contribution >= 0.6 is 0 Å². The fourth-order valence-corrected chi connectivity index (χ4v) is 1.59. The van der Waals surface area contributed by atoms with Crippen LogP contribution in [0.1, 0.15) is 0 Å². The molecule has 2 N–H and O–H groups in total. The van der Waals surface area contributed by atoms with Crippen LogP contribution in [0.2, 0.25) is 0 Å². The molecule has 0 atom stereocenters. The minimum Gasteiger partial charge on any atom is -0.390 e. The van der Waals surface area contributed by atoms with Crippen molar-refractivity contribution < 1.29 is 108 Å². The molecule has 0 saturated carbocycles. The van der Waals surface area contributed by atoms with Crippen molar-refractivity contribution in [3.63, 3.8) is 0 Å². The van der Waals surface area contributed by atoms with Crippen molar-refractivity contribution in [2.45, 2.75) is 53.7 Å². The molecule has 0 aromatic rings. The Kier molecular flexibility index (Phi) is 8.59. The van der Waals surface area contributed by atoms with Crippen LogP contribution in [0.5, 0.6) is 0 Å². The van der Waals surface area contributed by atoms with Gasteiger partial charge < -0.3 is 15.1 Å². The average molecular weight is 592 g/mol. The summed E-state index contributed by atoms with van der Waals surface area (Å²) < 4.78 is 259. The standard InChI is InChI=1S/C12H4F20O4/c13-3(14)2(5(17,18)7(21,22)6(19,20)4(15,16)1-33)35-36-12(31,32)10(27,28)8(23,24)9(25,26)11(29,30)34/h33-34H,1H2. The monoisotopic (exact) mass is 592 g/mol. The molecule has 0 radical (unpaired) electrons. The van der Waals surface area contributed by atoms with Crippen molar-refractivity contribution in [1.29, 1.82) is 0 Å². The second kappa shape index (κ2) is 9.09. The van der Waals surface area contributed by atoms with Gasteiger partial charge in [0.1, 0.15) is 6.61 Å². The van der Waals surface area contributed by atoms with E-state index in [0.717, 1.165) is 0 Å². The lowest BCUT2D eigenvalue weighted by Gasteiger charge is -2.37. The quantitative estimate of drug-likeness (QED) is 0.133. The number of hydrogen-bond donors (Lipinski definition) is 2. The molecular formula is C12H4F20O4. The number of hydrogen-bond acceptors (Lipinski definition) is 4. The van der Waals surface area contributed by atoms with Gasteiger partial charge in [-0.25, -0.2) is 0 Å². The van der Waals surface area contributed by atoms with E-state index in [0.29, 0.717) is 0 Å². The van der Waals surface area contributed by atoms with E-state index in [1.807, 2.05) is 4.89 Å². The van der Waals surface area contributed by atoms with Gasteiger partial charge in [-0.15, -0.1) is 4.89 Å². The van der Waals surface area contributed by atoms with E-state index < -0.39 is 72.1 Å². The summed E-state index contributed by atoms with van der Waals surface area (Å²) in [6.45, 7) is -3.41. The van der Waals surface area contributed by atoms with Crippen molar-refractivity contribution in [2.75, 3.05) is 6.61 Å². The zero-order valence-electron chi connectivity index (χ0n) is 15.5. The van der Waals surface area contributed by atoms with Gasteiger partial charge in [-0.05, 0) is 0 Å².